The molecular formula is C8H15N3. The zero-order valence-corrected chi connectivity index (χ0v) is 6.95. The lowest BCUT2D eigenvalue weighted by molar-refractivity contribution is 0.843. The first-order valence-corrected chi connectivity index (χ1v) is 3.76. The normalized spacial score (nSPS) is 11.4. The quantitative estimate of drug-likeness (QED) is 0.365. The van der Waals surface area contributed by atoms with Crippen molar-refractivity contribution in [1.29, 1.82) is 0 Å². The third-order valence-electron chi connectivity index (χ3n) is 1.08. The molecule has 0 unspecified atom stereocenters. The van der Waals surface area contributed by atoms with Gasteiger partial charge in [-0.1, -0.05) is 19.9 Å². The maximum absolute atomic E-state index is 5.17. The summed E-state index contributed by atoms with van der Waals surface area (Å²) in [6.45, 7) is 5.54. The molecule has 0 fully saturated rings. The van der Waals surface area contributed by atoms with Gasteiger partial charge in [-0.15, -0.1) is 0 Å². The van der Waals surface area contributed by atoms with E-state index in [1.54, 1.807) is 0 Å². The number of nitrogens with two attached hydrogens (primary N) is 1. The molecule has 0 atom stereocenters. The Morgan fingerprint density at radius 1 is 1.64 bits per heavy atom. The van der Waals surface area contributed by atoms with Crippen LogP contribution >= 0.6 is 0 Å². The molecule has 11 heavy (non-hydrogen) atoms. The second-order valence-corrected chi connectivity index (χ2v) is 2.21. The number of unbranched alkanes of at least 4 members (excludes halogenated alkanes) is 2. The first-order valence-electron chi connectivity index (χ1n) is 3.76. The van der Waals surface area contributed by atoms with Gasteiger partial charge in [-0.2, -0.15) is 0 Å². The van der Waals surface area contributed by atoms with Gasteiger partial charge in [0.1, 0.15) is 12.2 Å². The van der Waals surface area contributed by atoms with Crippen LogP contribution in [0.15, 0.2) is 22.4 Å². The Hall–Kier alpha value is -1.12. The van der Waals surface area contributed by atoms with Crippen molar-refractivity contribution in [2.75, 3.05) is 0 Å². The van der Waals surface area contributed by atoms with E-state index >= 15 is 0 Å². The number of hydrogen-bond acceptors (Lipinski definition) is 2. The molecule has 0 aliphatic rings. The van der Waals surface area contributed by atoms with Gasteiger partial charge in [0.05, 0.1) is 0 Å². The standard InChI is InChI=1S/C8H15N3/c1-3-4-5-6-10-7-11-8(2)9/h6-7H,2-5,9H2,1H3/b10-6-,11-7-. The number of nitrogens with zero attached hydrogens (tertiary/aromatic N) is 2. The third-order valence-corrected chi connectivity index (χ3v) is 1.08. The zero-order chi connectivity index (χ0) is 8.53. The van der Waals surface area contributed by atoms with Crippen LogP contribution < -0.4 is 5.73 Å². The van der Waals surface area contributed by atoms with Crippen molar-refractivity contribution >= 4 is 12.6 Å². The molecule has 0 saturated heterocycles. The van der Waals surface area contributed by atoms with Gasteiger partial charge in [0.25, 0.3) is 0 Å². The molecule has 0 rings (SSSR count). The van der Waals surface area contributed by atoms with Crippen LogP contribution in [0.4, 0.5) is 0 Å². The highest BCUT2D eigenvalue weighted by molar-refractivity contribution is 5.72. The first-order chi connectivity index (χ1) is 5.27. The van der Waals surface area contributed by atoms with E-state index in [2.05, 4.69) is 23.5 Å². The SMILES string of the molecule is C=C(N)/N=C\N=C/CCCC. The molecule has 2 N–H and O–H groups in total. The number of hydrogen-bond donors (Lipinski definition) is 1. The number of rotatable bonds is 5. The number of aliphatic imine (C=N–C) groups is 2. The summed E-state index contributed by atoms with van der Waals surface area (Å²) < 4.78 is 0. The molecule has 3 nitrogen and oxygen atoms in total. The lowest BCUT2D eigenvalue weighted by Crippen LogP contribution is -1.89. The van der Waals surface area contributed by atoms with Gasteiger partial charge in [0.15, 0.2) is 0 Å². The average molecular weight is 153 g/mol. The molecule has 0 radical (unpaired) electrons. The van der Waals surface area contributed by atoms with Crippen molar-refractivity contribution in [2.24, 2.45) is 15.7 Å². The summed E-state index contributed by atoms with van der Waals surface area (Å²) in [5, 5.41) is 0. The van der Waals surface area contributed by atoms with Crippen molar-refractivity contribution in [3.63, 3.8) is 0 Å². The molecule has 0 amide bonds. The minimum absolute atomic E-state index is 0.289. The van der Waals surface area contributed by atoms with Crippen LogP contribution in [0, 0.1) is 0 Å². The predicted molar refractivity (Wildman–Crippen MR) is 49.8 cm³/mol. The van der Waals surface area contributed by atoms with Gasteiger partial charge in [0, 0.05) is 6.21 Å². The topological polar surface area (TPSA) is 50.7 Å². The molecular weight excluding hydrogens is 138 g/mol. The fraction of sp³-hybridized carbons (Fsp3) is 0.500. The smallest absolute Gasteiger partial charge is 0.117 e. The average Bonchev–Trinajstić information content (AvgIpc) is 1.96. The predicted octanol–water partition coefficient (Wildman–Crippen LogP) is 1.71. The van der Waals surface area contributed by atoms with Gasteiger partial charge < -0.3 is 5.73 Å². The van der Waals surface area contributed by atoms with E-state index in [1.165, 1.54) is 19.2 Å². The molecule has 62 valence electrons. The van der Waals surface area contributed by atoms with Gasteiger partial charge in [0.2, 0.25) is 0 Å². The molecule has 0 aliphatic carbocycles. The van der Waals surface area contributed by atoms with E-state index in [1.807, 2.05) is 6.21 Å². The second-order valence-electron chi connectivity index (χ2n) is 2.21. The largest absolute Gasteiger partial charge is 0.384 e. The summed E-state index contributed by atoms with van der Waals surface area (Å²) >= 11 is 0. The summed E-state index contributed by atoms with van der Waals surface area (Å²) in [5.41, 5.74) is 5.17. The first kappa shape index (κ1) is 9.88. The monoisotopic (exact) mass is 153 g/mol. The lowest BCUT2D eigenvalue weighted by Gasteiger charge is -1.85. The molecule has 0 spiro atoms. The minimum Gasteiger partial charge on any atom is -0.384 e. The summed E-state index contributed by atoms with van der Waals surface area (Å²) in [5.74, 6) is 0.289. The van der Waals surface area contributed by atoms with Crippen LogP contribution in [0.25, 0.3) is 0 Å². The van der Waals surface area contributed by atoms with E-state index in [0.717, 1.165) is 6.42 Å². The molecule has 0 aromatic carbocycles. The molecule has 0 aromatic rings. The summed E-state index contributed by atoms with van der Waals surface area (Å²) in [6.07, 6.45) is 6.60. The minimum atomic E-state index is 0.289. The van der Waals surface area contributed by atoms with Crippen LogP contribution in [0.1, 0.15) is 26.2 Å². The van der Waals surface area contributed by atoms with E-state index in [-0.39, 0.29) is 5.82 Å². The van der Waals surface area contributed by atoms with E-state index in [4.69, 9.17) is 5.73 Å². The van der Waals surface area contributed by atoms with E-state index < -0.39 is 0 Å². The van der Waals surface area contributed by atoms with E-state index in [9.17, 15) is 0 Å². The Morgan fingerprint density at radius 3 is 2.91 bits per heavy atom. The van der Waals surface area contributed by atoms with Gasteiger partial charge >= 0.3 is 0 Å². The molecule has 0 heterocycles. The second kappa shape index (κ2) is 6.99. The highest BCUT2D eigenvalue weighted by Gasteiger charge is 1.76. The zero-order valence-electron chi connectivity index (χ0n) is 6.95. The maximum Gasteiger partial charge on any atom is 0.117 e. The fourth-order valence-electron chi connectivity index (χ4n) is 0.525. The lowest BCUT2D eigenvalue weighted by atomic mass is 10.3. The van der Waals surface area contributed by atoms with Gasteiger partial charge in [-0.25, -0.2) is 9.98 Å². The fourth-order valence-corrected chi connectivity index (χ4v) is 0.525. The summed E-state index contributed by atoms with van der Waals surface area (Å²) in [7, 11) is 0. The van der Waals surface area contributed by atoms with Gasteiger partial charge in [-0.05, 0) is 12.8 Å². The van der Waals surface area contributed by atoms with Crippen LogP contribution in [0.2, 0.25) is 0 Å². The Kier molecular flexibility index (Phi) is 6.28. The van der Waals surface area contributed by atoms with Gasteiger partial charge in [-0.3, -0.25) is 0 Å². The summed E-state index contributed by atoms with van der Waals surface area (Å²) in [4.78, 5) is 7.57. The molecule has 3 heteroatoms. The van der Waals surface area contributed by atoms with E-state index in [0.29, 0.717) is 0 Å². The Bertz CT molecular complexity index is 159. The summed E-state index contributed by atoms with van der Waals surface area (Å²) in [6, 6.07) is 0. The third kappa shape index (κ3) is 8.88. The Morgan fingerprint density at radius 2 is 2.36 bits per heavy atom. The maximum atomic E-state index is 5.17. The molecule has 0 saturated carbocycles. The van der Waals surface area contributed by atoms with Crippen molar-refractivity contribution < 1.29 is 0 Å². The molecule has 0 aliphatic heterocycles. The Labute approximate surface area is 67.7 Å². The highest BCUT2D eigenvalue weighted by Crippen LogP contribution is 1.89. The van der Waals surface area contributed by atoms with Crippen molar-refractivity contribution in [2.45, 2.75) is 26.2 Å². The van der Waals surface area contributed by atoms with Crippen LogP contribution in [0.5, 0.6) is 0 Å². The van der Waals surface area contributed by atoms with Crippen molar-refractivity contribution in [3.05, 3.63) is 12.4 Å². The molecule has 0 aromatic heterocycles. The van der Waals surface area contributed by atoms with Crippen LogP contribution in [-0.2, 0) is 0 Å². The Balaban J connectivity index is 3.36. The van der Waals surface area contributed by atoms with Crippen LogP contribution in [-0.4, -0.2) is 12.6 Å². The van der Waals surface area contributed by atoms with Crippen molar-refractivity contribution in [3.8, 4) is 0 Å². The van der Waals surface area contributed by atoms with Crippen molar-refractivity contribution in [1.82, 2.24) is 0 Å². The highest BCUT2D eigenvalue weighted by atomic mass is 14.9. The molecule has 0 bridgehead atoms. The van der Waals surface area contributed by atoms with Crippen LogP contribution in [0.3, 0.4) is 0 Å².